The van der Waals surface area contributed by atoms with Crippen LogP contribution in [0.2, 0.25) is 0 Å². The summed E-state index contributed by atoms with van der Waals surface area (Å²) in [5, 5.41) is 1.15. The molecule has 21 heavy (non-hydrogen) atoms. The average Bonchev–Trinajstić information content (AvgIpc) is 2.22. The van der Waals surface area contributed by atoms with Crippen molar-refractivity contribution in [3.05, 3.63) is 0 Å². The van der Waals surface area contributed by atoms with E-state index >= 15 is 0 Å². The van der Waals surface area contributed by atoms with Crippen molar-refractivity contribution in [3.8, 4) is 0 Å². The van der Waals surface area contributed by atoms with Crippen LogP contribution >= 0.6 is 0 Å². The normalized spacial score (nSPS) is 9.62. The van der Waals surface area contributed by atoms with Gasteiger partial charge in [-0.1, -0.05) is 0 Å². The van der Waals surface area contributed by atoms with Crippen LogP contribution in [0, 0.1) is 0 Å². The zero-order valence-electron chi connectivity index (χ0n) is 12.3. The van der Waals surface area contributed by atoms with E-state index in [-0.39, 0.29) is 50.8 Å². The molecular weight excluding hydrogens is 316 g/mol. The van der Waals surface area contributed by atoms with Gasteiger partial charge in [0.25, 0.3) is 0 Å². The topological polar surface area (TPSA) is 112 Å². The van der Waals surface area contributed by atoms with Crippen molar-refractivity contribution in [2.75, 3.05) is 13.1 Å². The van der Waals surface area contributed by atoms with Gasteiger partial charge in [-0.05, 0) is 0 Å². The van der Waals surface area contributed by atoms with E-state index in [9.17, 15) is 19.2 Å². The summed E-state index contributed by atoms with van der Waals surface area (Å²) in [5.74, 6) is -2.90. The van der Waals surface area contributed by atoms with Gasteiger partial charge in [-0.25, -0.2) is 0 Å². The number of hydroxylamine groups is 4. The molecule has 0 heterocycles. The Balaban J connectivity index is 0. The zero-order valence-corrected chi connectivity index (χ0v) is 14.5. The molecule has 0 aromatic rings. The smallest absolute Gasteiger partial charge is 0.326 e. The minimum absolute atomic E-state index is 0. The summed E-state index contributed by atoms with van der Waals surface area (Å²) in [6.07, 6.45) is 0. The van der Waals surface area contributed by atoms with Crippen LogP contribution in [-0.2, 0) is 38.5 Å². The fourth-order valence-electron chi connectivity index (χ4n) is 0.957. The van der Waals surface area contributed by atoms with E-state index < -0.39 is 23.9 Å². The van der Waals surface area contributed by atoms with Gasteiger partial charge < -0.3 is 19.4 Å². The average molecular weight is 332 g/mol. The van der Waals surface area contributed by atoms with E-state index in [4.69, 9.17) is 0 Å². The minimum Gasteiger partial charge on any atom is -0.333 e. The van der Waals surface area contributed by atoms with Crippen molar-refractivity contribution in [1.82, 2.24) is 10.5 Å². The summed E-state index contributed by atoms with van der Waals surface area (Å²) in [7, 11) is 0. The van der Waals surface area contributed by atoms with Gasteiger partial charge in [-0.15, -0.1) is 0 Å². The van der Waals surface area contributed by atoms with E-state index in [1.54, 1.807) is 0 Å². The Morgan fingerprint density at radius 1 is 0.619 bits per heavy atom. The van der Waals surface area contributed by atoms with Gasteiger partial charge >= 0.3 is 23.9 Å². The van der Waals surface area contributed by atoms with Crippen LogP contribution in [0.1, 0.15) is 27.7 Å². The maximum Gasteiger partial charge on any atom is 0.326 e. The Morgan fingerprint density at radius 2 is 0.810 bits per heavy atom. The van der Waals surface area contributed by atoms with Crippen molar-refractivity contribution in [2.45, 2.75) is 27.7 Å². The van der Waals surface area contributed by atoms with Gasteiger partial charge in [0.2, 0.25) is 0 Å². The molecule has 0 aliphatic heterocycles. The molecule has 0 aliphatic rings. The van der Waals surface area contributed by atoms with Crippen LogP contribution in [0.3, 0.4) is 0 Å². The summed E-state index contributed by atoms with van der Waals surface area (Å²) in [6, 6.07) is 0. The molecule has 0 atom stereocenters. The molecule has 11 heteroatoms. The Hall–Kier alpha value is -0.940. The third kappa shape index (κ3) is 13.8. The van der Waals surface area contributed by atoms with Crippen molar-refractivity contribution in [2.24, 2.45) is 0 Å². The molecular formula is C10H16CaN2O8. The van der Waals surface area contributed by atoms with E-state index in [1.807, 2.05) is 0 Å². The number of hydrogen-bond acceptors (Lipinski definition) is 10. The largest absolute Gasteiger partial charge is 0.333 e. The van der Waals surface area contributed by atoms with Crippen LogP contribution in [0.4, 0.5) is 0 Å². The molecule has 0 aromatic carbocycles. The fraction of sp³-hybridized carbons (Fsp3) is 0.600. The predicted molar refractivity (Wildman–Crippen MR) is 66.2 cm³/mol. The first-order chi connectivity index (χ1) is 9.20. The molecule has 0 N–H and O–H groups in total. The Bertz CT molecular complexity index is 321. The SMILES string of the molecule is CC(=O)ON(CCN(OC(C)=O)OC(C)=O)OC(C)=O.[Ca]. The van der Waals surface area contributed by atoms with E-state index in [2.05, 4.69) is 19.4 Å². The number of carbonyl (C=O) groups excluding carboxylic acids is 4. The number of rotatable bonds is 7. The van der Waals surface area contributed by atoms with Gasteiger partial charge in [0, 0.05) is 75.9 Å². The molecule has 2 radical (unpaired) electrons. The van der Waals surface area contributed by atoms with Crippen molar-refractivity contribution < 1.29 is 38.5 Å². The quantitative estimate of drug-likeness (QED) is 0.430. The van der Waals surface area contributed by atoms with Crippen molar-refractivity contribution in [3.63, 3.8) is 0 Å². The van der Waals surface area contributed by atoms with Crippen LogP contribution in [-0.4, -0.2) is 85.2 Å². The number of carbonyl (C=O) groups is 4. The molecule has 0 rings (SSSR count). The molecule has 0 aliphatic carbocycles. The third-order valence-electron chi connectivity index (χ3n) is 1.39. The molecule has 0 saturated carbocycles. The van der Waals surface area contributed by atoms with Crippen LogP contribution in [0.25, 0.3) is 0 Å². The first kappa shape index (κ1) is 22.3. The van der Waals surface area contributed by atoms with Gasteiger partial charge in [0.15, 0.2) is 0 Å². The third-order valence-corrected chi connectivity index (χ3v) is 1.39. The first-order valence-corrected chi connectivity index (χ1v) is 5.50. The molecule has 0 bridgehead atoms. The van der Waals surface area contributed by atoms with Crippen molar-refractivity contribution >= 4 is 61.6 Å². The summed E-state index contributed by atoms with van der Waals surface area (Å²) >= 11 is 0. The fourth-order valence-corrected chi connectivity index (χ4v) is 0.957. The molecule has 0 fully saturated rings. The Labute approximate surface area is 151 Å². The summed E-state index contributed by atoms with van der Waals surface area (Å²) in [4.78, 5) is 61.4. The maximum atomic E-state index is 10.8. The molecule has 0 amide bonds. The Morgan fingerprint density at radius 3 is 0.952 bits per heavy atom. The van der Waals surface area contributed by atoms with E-state index in [1.165, 1.54) is 0 Å². The van der Waals surface area contributed by atoms with E-state index in [0.717, 1.165) is 27.7 Å². The molecule has 0 aromatic heterocycles. The van der Waals surface area contributed by atoms with Gasteiger partial charge in [-0.3, -0.25) is 19.2 Å². The summed E-state index contributed by atoms with van der Waals surface area (Å²) < 4.78 is 0. The Kier molecular flexibility index (Phi) is 12.4. The number of hydrogen-bond donors (Lipinski definition) is 0. The second-order valence-corrected chi connectivity index (χ2v) is 3.44. The second-order valence-electron chi connectivity index (χ2n) is 3.44. The zero-order chi connectivity index (χ0) is 15.7. The van der Waals surface area contributed by atoms with Gasteiger partial charge in [0.1, 0.15) is 0 Å². The maximum absolute atomic E-state index is 10.8. The van der Waals surface area contributed by atoms with Crippen LogP contribution in [0.15, 0.2) is 0 Å². The monoisotopic (exact) mass is 332 g/mol. The minimum atomic E-state index is -0.724. The van der Waals surface area contributed by atoms with Gasteiger partial charge in [-0.2, -0.15) is 0 Å². The van der Waals surface area contributed by atoms with Crippen LogP contribution in [0.5, 0.6) is 0 Å². The molecule has 0 saturated heterocycles. The van der Waals surface area contributed by atoms with Crippen molar-refractivity contribution in [1.29, 1.82) is 0 Å². The predicted octanol–water partition coefficient (Wildman–Crippen LogP) is -0.878. The standard InChI is InChI=1S/C10H16N2O8.Ca/c1-7(13)17-11(18-8(2)14)5-6-12(19-9(3)15)20-10(4)16;/h5-6H2,1-4H3;. The number of nitrogens with zero attached hydrogens (tertiary/aromatic N) is 2. The van der Waals surface area contributed by atoms with Gasteiger partial charge in [0.05, 0.1) is 13.1 Å². The molecule has 10 nitrogen and oxygen atoms in total. The summed E-state index contributed by atoms with van der Waals surface area (Å²) in [5.41, 5.74) is 0. The molecule has 0 unspecified atom stereocenters. The molecule has 116 valence electrons. The summed E-state index contributed by atoms with van der Waals surface area (Å²) in [6.45, 7) is 3.97. The van der Waals surface area contributed by atoms with Crippen LogP contribution < -0.4 is 0 Å². The molecule has 0 spiro atoms. The second kappa shape index (κ2) is 11.7. The first-order valence-electron chi connectivity index (χ1n) is 5.50. The van der Waals surface area contributed by atoms with E-state index in [0.29, 0.717) is 10.5 Å².